The summed E-state index contributed by atoms with van der Waals surface area (Å²) in [5, 5.41) is 9.72. The van der Waals surface area contributed by atoms with Gasteiger partial charge in [0.25, 0.3) is 0 Å². The molecule has 3 nitrogen and oxygen atoms in total. The number of aromatic nitrogens is 2. The van der Waals surface area contributed by atoms with E-state index in [2.05, 4.69) is 50.9 Å². The Morgan fingerprint density at radius 3 is 3.12 bits per heavy atom. The molecule has 16 heavy (non-hydrogen) atoms. The van der Waals surface area contributed by atoms with Gasteiger partial charge in [-0.1, -0.05) is 6.92 Å². The van der Waals surface area contributed by atoms with Gasteiger partial charge in [0.05, 0.1) is 12.7 Å². The fourth-order valence-electron chi connectivity index (χ4n) is 1.45. The van der Waals surface area contributed by atoms with Crippen LogP contribution in [-0.2, 0) is 13.1 Å². The Morgan fingerprint density at radius 2 is 2.44 bits per heavy atom. The van der Waals surface area contributed by atoms with Gasteiger partial charge in [0, 0.05) is 33.0 Å². The van der Waals surface area contributed by atoms with Gasteiger partial charge in [0.1, 0.15) is 0 Å². The molecule has 2 rings (SSSR count). The second-order valence-corrected chi connectivity index (χ2v) is 5.47. The van der Waals surface area contributed by atoms with Crippen molar-refractivity contribution in [1.29, 1.82) is 0 Å². The number of nitrogens with one attached hydrogen (secondary N) is 1. The minimum Gasteiger partial charge on any atom is -0.313 e. The summed E-state index contributed by atoms with van der Waals surface area (Å²) in [6.07, 6.45) is 4.02. The summed E-state index contributed by atoms with van der Waals surface area (Å²) in [7, 11) is 0. The molecule has 0 saturated heterocycles. The van der Waals surface area contributed by atoms with E-state index in [-0.39, 0.29) is 0 Å². The fourth-order valence-corrected chi connectivity index (χ4v) is 2.89. The second kappa shape index (κ2) is 5.61. The van der Waals surface area contributed by atoms with Crippen LogP contribution in [0.4, 0.5) is 0 Å². The summed E-state index contributed by atoms with van der Waals surface area (Å²) < 4.78 is 3.12. The second-order valence-electron chi connectivity index (χ2n) is 3.56. The highest BCUT2D eigenvalue weighted by atomic mass is 79.9. The zero-order valence-electron chi connectivity index (χ0n) is 9.11. The number of rotatable bonds is 5. The SMILES string of the molecule is CCNCc1cnn(Cc2cc(Br)cs2)c1. The van der Waals surface area contributed by atoms with Crippen molar-refractivity contribution < 1.29 is 0 Å². The molecule has 0 fully saturated rings. The Balaban J connectivity index is 1.97. The average Bonchev–Trinajstić information content (AvgIpc) is 2.86. The molecule has 0 aliphatic heterocycles. The van der Waals surface area contributed by atoms with Crippen molar-refractivity contribution >= 4 is 27.3 Å². The summed E-state index contributed by atoms with van der Waals surface area (Å²) in [5.41, 5.74) is 1.23. The largest absolute Gasteiger partial charge is 0.313 e. The lowest BCUT2D eigenvalue weighted by atomic mass is 10.3. The minimum atomic E-state index is 0.850. The van der Waals surface area contributed by atoms with E-state index >= 15 is 0 Å². The predicted molar refractivity (Wildman–Crippen MR) is 70.7 cm³/mol. The lowest BCUT2D eigenvalue weighted by molar-refractivity contribution is 0.690. The summed E-state index contributed by atoms with van der Waals surface area (Å²) in [5.74, 6) is 0. The van der Waals surface area contributed by atoms with Crippen molar-refractivity contribution in [3.63, 3.8) is 0 Å². The van der Waals surface area contributed by atoms with Gasteiger partial charge >= 0.3 is 0 Å². The Bertz CT molecular complexity index is 450. The molecule has 0 aromatic carbocycles. The lowest BCUT2D eigenvalue weighted by Crippen LogP contribution is -2.11. The molecule has 86 valence electrons. The first-order valence-corrected chi connectivity index (χ1v) is 6.90. The van der Waals surface area contributed by atoms with Crippen LogP contribution in [0.25, 0.3) is 0 Å². The van der Waals surface area contributed by atoms with E-state index in [4.69, 9.17) is 0 Å². The first-order chi connectivity index (χ1) is 7.78. The van der Waals surface area contributed by atoms with Crippen LogP contribution in [-0.4, -0.2) is 16.3 Å². The number of thiophene rings is 1. The smallest absolute Gasteiger partial charge is 0.0752 e. The molecule has 0 aliphatic carbocycles. The Hall–Kier alpha value is -0.650. The van der Waals surface area contributed by atoms with Crippen molar-refractivity contribution in [3.8, 4) is 0 Å². The minimum absolute atomic E-state index is 0.850. The van der Waals surface area contributed by atoms with Crippen LogP contribution in [0.5, 0.6) is 0 Å². The zero-order valence-corrected chi connectivity index (χ0v) is 11.5. The van der Waals surface area contributed by atoms with Crippen LogP contribution < -0.4 is 5.32 Å². The van der Waals surface area contributed by atoms with Gasteiger partial charge < -0.3 is 5.32 Å². The van der Waals surface area contributed by atoms with Crippen LogP contribution in [0.1, 0.15) is 17.4 Å². The van der Waals surface area contributed by atoms with Gasteiger partial charge in [-0.25, -0.2) is 0 Å². The van der Waals surface area contributed by atoms with Crippen LogP contribution in [0.3, 0.4) is 0 Å². The first-order valence-electron chi connectivity index (χ1n) is 5.23. The number of hydrogen-bond acceptors (Lipinski definition) is 3. The standard InChI is InChI=1S/C11H14BrN3S/c1-2-13-4-9-5-14-15(6-9)7-11-3-10(12)8-16-11/h3,5-6,8,13H,2,4,7H2,1H3. The maximum atomic E-state index is 4.34. The Morgan fingerprint density at radius 1 is 1.56 bits per heavy atom. The molecular weight excluding hydrogens is 286 g/mol. The Labute approximate surface area is 108 Å². The van der Waals surface area contributed by atoms with Crippen molar-refractivity contribution in [2.24, 2.45) is 0 Å². The number of nitrogens with zero attached hydrogens (tertiary/aromatic N) is 2. The van der Waals surface area contributed by atoms with Crippen LogP contribution in [0, 0.1) is 0 Å². The molecule has 5 heteroatoms. The first kappa shape index (κ1) is 11.8. The van der Waals surface area contributed by atoms with Crippen molar-refractivity contribution in [2.75, 3.05) is 6.54 Å². The van der Waals surface area contributed by atoms with Crippen molar-refractivity contribution in [1.82, 2.24) is 15.1 Å². The van der Waals surface area contributed by atoms with Crippen LogP contribution >= 0.6 is 27.3 Å². The van der Waals surface area contributed by atoms with Gasteiger partial charge in [-0.2, -0.15) is 5.10 Å². The highest BCUT2D eigenvalue weighted by molar-refractivity contribution is 9.10. The van der Waals surface area contributed by atoms with E-state index in [9.17, 15) is 0 Å². The summed E-state index contributed by atoms with van der Waals surface area (Å²) in [6.45, 7) is 4.84. The van der Waals surface area contributed by atoms with E-state index in [0.717, 1.165) is 24.1 Å². The quantitative estimate of drug-likeness (QED) is 0.920. The molecule has 0 aliphatic rings. The maximum absolute atomic E-state index is 4.34. The molecule has 0 radical (unpaired) electrons. The summed E-state index contributed by atoms with van der Waals surface area (Å²) in [6, 6.07) is 2.14. The molecule has 0 spiro atoms. The normalized spacial score (nSPS) is 10.9. The molecule has 2 aromatic heterocycles. The molecule has 0 atom stereocenters. The third-order valence-electron chi connectivity index (χ3n) is 2.21. The van der Waals surface area contributed by atoms with Crippen molar-refractivity contribution in [3.05, 3.63) is 38.8 Å². The van der Waals surface area contributed by atoms with Gasteiger partial charge in [-0.15, -0.1) is 11.3 Å². The molecule has 0 unspecified atom stereocenters. The number of hydrogen-bond donors (Lipinski definition) is 1. The molecular formula is C11H14BrN3S. The molecule has 0 bridgehead atoms. The van der Waals surface area contributed by atoms with Crippen LogP contribution in [0.2, 0.25) is 0 Å². The summed E-state index contributed by atoms with van der Waals surface area (Å²) in [4.78, 5) is 1.31. The van der Waals surface area contributed by atoms with Crippen LogP contribution in [0.15, 0.2) is 28.3 Å². The fraction of sp³-hybridized carbons (Fsp3) is 0.364. The third-order valence-corrected chi connectivity index (χ3v) is 3.89. The average molecular weight is 300 g/mol. The highest BCUT2D eigenvalue weighted by Gasteiger charge is 2.01. The predicted octanol–water partition coefficient (Wildman–Crippen LogP) is 2.86. The molecule has 2 heterocycles. The topological polar surface area (TPSA) is 29.9 Å². The van der Waals surface area contributed by atoms with E-state index in [1.54, 1.807) is 11.3 Å². The zero-order chi connectivity index (χ0) is 11.4. The summed E-state index contributed by atoms with van der Waals surface area (Å²) >= 11 is 5.20. The van der Waals surface area contributed by atoms with Gasteiger partial charge in [0.15, 0.2) is 0 Å². The highest BCUT2D eigenvalue weighted by Crippen LogP contribution is 2.20. The maximum Gasteiger partial charge on any atom is 0.0752 e. The van der Waals surface area contributed by atoms with E-state index in [1.165, 1.54) is 10.4 Å². The van der Waals surface area contributed by atoms with Gasteiger partial charge in [-0.05, 0) is 28.5 Å². The van der Waals surface area contributed by atoms with E-state index in [0.29, 0.717) is 0 Å². The monoisotopic (exact) mass is 299 g/mol. The third kappa shape index (κ3) is 3.17. The van der Waals surface area contributed by atoms with E-state index in [1.807, 2.05) is 10.9 Å². The Kier molecular flexibility index (Phi) is 4.15. The molecule has 2 aromatic rings. The van der Waals surface area contributed by atoms with E-state index < -0.39 is 0 Å². The van der Waals surface area contributed by atoms with Gasteiger partial charge in [-0.3, -0.25) is 4.68 Å². The lowest BCUT2D eigenvalue weighted by Gasteiger charge is -1.98. The molecule has 1 N–H and O–H groups in total. The van der Waals surface area contributed by atoms with Gasteiger partial charge in [0.2, 0.25) is 0 Å². The molecule has 0 saturated carbocycles. The molecule has 0 amide bonds. The van der Waals surface area contributed by atoms with Crippen molar-refractivity contribution in [2.45, 2.75) is 20.0 Å². The number of halogens is 1.